The highest BCUT2D eigenvalue weighted by Gasteiger charge is 2.29. The minimum atomic E-state index is 0.117. The third-order valence-corrected chi connectivity index (χ3v) is 7.42. The van der Waals surface area contributed by atoms with Gasteiger partial charge in [-0.2, -0.15) is 5.10 Å². The molecular weight excluding hydrogens is 502 g/mol. The second-order valence-corrected chi connectivity index (χ2v) is 10.6. The maximum Gasteiger partial charge on any atom is 0.154 e. The van der Waals surface area contributed by atoms with Crippen LogP contribution in [0, 0.1) is 0 Å². The van der Waals surface area contributed by atoms with Crippen LogP contribution in [0.25, 0.3) is 11.9 Å². The van der Waals surface area contributed by atoms with Crippen molar-refractivity contribution in [2.75, 3.05) is 37.7 Å². The largest absolute Gasteiger partial charge is 0.363 e. The van der Waals surface area contributed by atoms with Gasteiger partial charge in [0, 0.05) is 53.9 Å². The van der Waals surface area contributed by atoms with Crippen LogP contribution in [0.2, 0.25) is 5.02 Å². The van der Waals surface area contributed by atoms with Gasteiger partial charge in [0.2, 0.25) is 0 Å². The Morgan fingerprint density at radius 2 is 2.16 bits per heavy atom. The lowest BCUT2D eigenvalue weighted by atomic mass is 9.97. The van der Waals surface area contributed by atoms with Gasteiger partial charge in [-0.3, -0.25) is 0 Å². The molecule has 3 rings (SSSR count). The second kappa shape index (κ2) is 14.6. The van der Waals surface area contributed by atoms with Crippen molar-refractivity contribution in [1.82, 2.24) is 25.3 Å². The SMILES string of the molecule is C=Nc1cc(C2CCCCN2C(=C)c2cc(Cl)ccc2NSC)nn1/C=C(/C)CCC(CNC)NCC. The highest BCUT2D eigenvalue weighted by Crippen LogP contribution is 2.39. The molecular formula is C28H42ClN7S. The molecule has 7 nitrogen and oxygen atoms in total. The first kappa shape index (κ1) is 29.3. The van der Waals surface area contributed by atoms with E-state index in [4.69, 9.17) is 16.7 Å². The van der Waals surface area contributed by atoms with E-state index >= 15 is 0 Å². The number of hydrogen-bond donors (Lipinski definition) is 3. The number of aromatic nitrogens is 2. The van der Waals surface area contributed by atoms with Crippen LogP contribution >= 0.6 is 23.5 Å². The fourth-order valence-corrected chi connectivity index (χ4v) is 5.51. The fraction of sp³-hybridized carbons (Fsp3) is 0.500. The maximum atomic E-state index is 6.38. The third kappa shape index (κ3) is 7.87. The first-order valence-corrected chi connectivity index (χ1v) is 14.7. The van der Waals surface area contributed by atoms with Gasteiger partial charge in [-0.1, -0.05) is 42.6 Å². The summed E-state index contributed by atoms with van der Waals surface area (Å²) < 4.78 is 5.25. The highest BCUT2D eigenvalue weighted by atomic mass is 35.5. The average molecular weight is 544 g/mol. The summed E-state index contributed by atoms with van der Waals surface area (Å²) in [6, 6.07) is 8.53. The number of halogens is 1. The van der Waals surface area contributed by atoms with Gasteiger partial charge in [-0.15, -0.1) is 0 Å². The summed E-state index contributed by atoms with van der Waals surface area (Å²) in [6.07, 6.45) is 9.42. The summed E-state index contributed by atoms with van der Waals surface area (Å²) in [5.41, 5.74) is 5.24. The number of hydrogen-bond acceptors (Lipinski definition) is 7. The van der Waals surface area contributed by atoms with Crippen molar-refractivity contribution in [2.45, 2.75) is 58.0 Å². The minimum Gasteiger partial charge on any atom is -0.363 e. The number of likely N-dealkylation sites (tertiary alicyclic amines) is 1. The number of allylic oxidation sites excluding steroid dienone is 1. The Morgan fingerprint density at radius 1 is 1.35 bits per heavy atom. The van der Waals surface area contributed by atoms with Crippen molar-refractivity contribution in [3.8, 4) is 0 Å². The molecule has 2 aromatic rings. The zero-order chi connectivity index (χ0) is 26.8. The Kier molecular flexibility index (Phi) is 11.6. The molecule has 1 aromatic heterocycles. The van der Waals surface area contributed by atoms with E-state index in [1.165, 1.54) is 5.57 Å². The number of rotatable bonds is 14. The smallest absolute Gasteiger partial charge is 0.154 e. The lowest BCUT2D eigenvalue weighted by molar-refractivity contribution is 0.226. The molecule has 0 saturated carbocycles. The first-order chi connectivity index (χ1) is 17.9. The molecule has 9 heteroatoms. The monoisotopic (exact) mass is 543 g/mol. The van der Waals surface area contributed by atoms with E-state index in [9.17, 15) is 0 Å². The van der Waals surface area contributed by atoms with Crippen LogP contribution in [-0.2, 0) is 0 Å². The summed E-state index contributed by atoms with van der Waals surface area (Å²) in [5, 5.41) is 12.5. The Hall–Kier alpha value is -2.26. The molecule has 2 atom stereocenters. The molecule has 1 aromatic carbocycles. The van der Waals surface area contributed by atoms with E-state index in [-0.39, 0.29) is 6.04 Å². The van der Waals surface area contributed by atoms with Crippen molar-refractivity contribution >= 4 is 53.7 Å². The Morgan fingerprint density at radius 3 is 2.86 bits per heavy atom. The van der Waals surface area contributed by atoms with Crippen molar-refractivity contribution in [2.24, 2.45) is 4.99 Å². The molecule has 1 fully saturated rings. The zero-order valence-corrected chi connectivity index (χ0v) is 24.3. The van der Waals surface area contributed by atoms with Crippen molar-refractivity contribution in [3.05, 3.63) is 52.7 Å². The third-order valence-electron chi connectivity index (χ3n) is 6.77. The van der Waals surface area contributed by atoms with Gasteiger partial charge >= 0.3 is 0 Å². The van der Waals surface area contributed by atoms with Gasteiger partial charge in [-0.05, 0) is 77.5 Å². The normalized spacial score (nSPS) is 17.1. The van der Waals surface area contributed by atoms with Crippen molar-refractivity contribution in [1.29, 1.82) is 0 Å². The lowest BCUT2D eigenvalue weighted by Crippen LogP contribution is -2.37. The standard InChI is InChI=1S/C28H42ClN7S/c1-7-32-23(18-30-4)13-11-20(2)19-36-28(31-5)17-26(33-36)27-10-8-9-15-35(27)21(3)24-16-22(29)12-14-25(24)34-37-6/h12,14,16-17,19,23,27,30,32,34H,3,5,7-11,13,15,18H2,1-2,4,6H3/b20-19-. The second-order valence-electron chi connectivity index (χ2n) is 9.50. The number of piperidine rings is 1. The summed E-state index contributed by atoms with van der Waals surface area (Å²) >= 11 is 7.94. The van der Waals surface area contributed by atoms with Crippen LogP contribution in [0.15, 0.2) is 41.4 Å². The van der Waals surface area contributed by atoms with Gasteiger partial charge in [0.25, 0.3) is 0 Å². The molecule has 0 radical (unpaired) electrons. The molecule has 2 unspecified atom stereocenters. The Labute approximate surface area is 232 Å². The van der Waals surface area contributed by atoms with Gasteiger partial charge < -0.3 is 20.3 Å². The highest BCUT2D eigenvalue weighted by molar-refractivity contribution is 7.99. The summed E-state index contributed by atoms with van der Waals surface area (Å²) in [4.78, 5) is 6.65. The maximum absolute atomic E-state index is 6.38. The number of benzene rings is 1. The summed E-state index contributed by atoms with van der Waals surface area (Å²) in [7, 11) is 2.00. The minimum absolute atomic E-state index is 0.117. The predicted octanol–water partition coefficient (Wildman–Crippen LogP) is 6.59. The van der Waals surface area contributed by atoms with Crippen LogP contribution in [0.3, 0.4) is 0 Å². The van der Waals surface area contributed by atoms with E-state index in [1.807, 2.05) is 36.2 Å². The van der Waals surface area contributed by atoms with Crippen LogP contribution in [0.5, 0.6) is 0 Å². The molecule has 0 amide bonds. The van der Waals surface area contributed by atoms with Gasteiger partial charge in [-0.25, -0.2) is 9.67 Å². The molecule has 1 aliphatic heterocycles. The topological polar surface area (TPSA) is 69.5 Å². The molecule has 2 heterocycles. The molecule has 3 N–H and O–H groups in total. The predicted molar refractivity (Wildman–Crippen MR) is 163 cm³/mol. The van der Waals surface area contributed by atoms with E-state index in [2.05, 4.69) is 64.7 Å². The Balaban J connectivity index is 1.84. The van der Waals surface area contributed by atoms with E-state index in [1.54, 1.807) is 11.9 Å². The number of nitrogens with zero attached hydrogens (tertiary/aromatic N) is 4. The molecule has 1 saturated heterocycles. The number of aliphatic imine (C=N–C) groups is 1. The molecule has 0 aliphatic carbocycles. The molecule has 1 aliphatic rings. The van der Waals surface area contributed by atoms with Gasteiger partial charge in [0.1, 0.15) is 0 Å². The molecule has 0 bridgehead atoms. The number of likely N-dealkylation sites (N-methyl/N-ethyl adjacent to an activating group) is 2. The van der Waals surface area contributed by atoms with Crippen molar-refractivity contribution in [3.63, 3.8) is 0 Å². The zero-order valence-electron chi connectivity index (χ0n) is 22.7. The number of nitrogens with one attached hydrogen (secondary N) is 3. The van der Waals surface area contributed by atoms with E-state index in [0.717, 1.165) is 80.2 Å². The van der Waals surface area contributed by atoms with Crippen molar-refractivity contribution < 1.29 is 0 Å². The summed E-state index contributed by atoms with van der Waals surface area (Å²) in [6.45, 7) is 15.5. The van der Waals surface area contributed by atoms with E-state index < -0.39 is 0 Å². The van der Waals surface area contributed by atoms with Gasteiger partial charge in [0.15, 0.2) is 5.82 Å². The van der Waals surface area contributed by atoms with Gasteiger partial charge in [0.05, 0.1) is 17.4 Å². The Bertz CT molecular complexity index is 1070. The molecule has 202 valence electrons. The lowest BCUT2D eigenvalue weighted by Gasteiger charge is -2.38. The quantitative estimate of drug-likeness (QED) is 0.184. The van der Waals surface area contributed by atoms with Crippen LogP contribution in [0.1, 0.15) is 63.3 Å². The fourth-order valence-electron chi connectivity index (χ4n) is 4.94. The average Bonchev–Trinajstić information content (AvgIpc) is 3.30. The molecule has 0 spiro atoms. The van der Waals surface area contributed by atoms with Crippen LogP contribution in [0.4, 0.5) is 11.5 Å². The molecule has 37 heavy (non-hydrogen) atoms. The number of anilines is 1. The van der Waals surface area contributed by atoms with Crippen LogP contribution in [-0.4, -0.2) is 60.4 Å². The van der Waals surface area contributed by atoms with Crippen LogP contribution < -0.4 is 15.4 Å². The first-order valence-electron chi connectivity index (χ1n) is 13.1. The van der Waals surface area contributed by atoms with E-state index in [0.29, 0.717) is 11.1 Å². The summed E-state index contributed by atoms with van der Waals surface area (Å²) in [5.74, 6) is 0.761.